The van der Waals surface area contributed by atoms with Gasteiger partial charge in [0.25, 0.3) is 0 Å². The van der Waals surface area contributed by atoms with Crippen molar-refractivity contribution < 1.29 is 9.90 Å². The fraction of sp³-hybridized carbons (Fsp3) is 0.357. The summed E-state index contributed by atoms with van der Waals surface area (Å²) in [5.74, 6) is -0.923. The van der Waals surface area contributed by atoms with E-state index in [1.54, 1.807) is 6.08 Å². The molecule has 0 radical (unpaired) electrons. The molecule has 1 aromatic carbocycles. The lowest BCUT2D eigenvalue weighted by atomic mass is 10.1. The number of hydrogen-bond donors (Lipinski definition) is 1. The number of carbonyl (C=O) groups is 1. The van der Waals surface area contributed by atoms with E-state index >= 15 is 0 Å². The average molecular weight is 233 g/mol. The minimum absolute atomic E-state index is 0.515. The number of carboxylic acids is 1. The monoisotopic (exact) mass is 233 g/mol. The molecule has 0 atom stereocenters. The Morgan fingerprint density at radius 1 is 1.35 bits per heavy atom. The van der Waals surface area contributed by atoms with Crippen LogP contribution in [0.3, 0.4) is 0 Å². The van der Waals surface area contributed by atoms with Gasteiger partial charge in [0.1, 0.15) is 0 Å². The van der Waals surface area contributed by atoms with Gasteiger partial charge in [0.05, 0.1) is 0 Å². The Balaban J connectivity index is 2.65. The molecule has 0 fully saturated rings. The Bertz CT molecular complexity index is 393. The van der Waals surface area contributed by atoms with E-state index in [0.29, 0.717) is 6.04 Å². The van der Waals surface area contributed by atoms with E-state index in [1.807, 2.05) is 24.3 Å². The SMILES string of the molecule is CC(C)N(C)Cc1ccc(/C=C/C(=O)O)cc1. The molecular weight excluding hydrogens is 214 g/mol. The van der Waals surface area contributed by atoms with Gasteiger partial charge >= 0.3 is 5.97 Å². The van der Waals surface area contributed by atoms with Gasteiger partial charge in [0, 0.05) is 18.7 Å². The topological polar surface area (TPSA) is 40.5 Å². The van der Waals surface area contributed by atoms with Crippen LogP contribution in [0.25, 0.3) is 6.08 Å². The molecular formula is C14H19NO2. The zero-order valence-corrected chi connectivity index (χ0v) is 10.6. The number of aliphatic carboxylic acids is 1. The van der Waals surface area contributed by atoms with Crippen LogP contribution in [0.15, 0.2) is 30.3 Å². The van der Waals surface area contributed by atoms with Crippen LogP contribution in [0.5, 0.6) is 0 Å². The van der Waals surface area contributed by atoms with E-state index in [9.17, 15) is 4.79 Å². The van der Waals surface area contributed by atoms with E-state index in [2.05, 4.69) is 25.8 Å². The summed E-state index contributed by atoms with van der Waals surface area (Å²) in [6, 6.07) is 8.44. The minimum Gasteiger partial charge on any atom is -0.478 e. The van der Waals surface area contributed by atoms with Crippen molar-refractivity contribution in [3.05, 3.63) is 41.5 Å². The molecule has 0 aliphatic carbocycles. The Kier molecular flexibility index (Phi) is 4.91. The molecule has 0 amide bonds. The molecule has 0 aromatic heterocycles. The van der Waals surface area contributed by atoms with Crippen molar-refractivity contribution in [1.82, 2.24) is 4.90 Å². The molecule has 0 aliphatic rings. The number of carboxylic acid groups (broad SMARTS) is 1. The summed E-state index contributed by atoms with van der Waals surface area (Å²) >= 11 is 0. The highest BCUT2D eigenvalue weighted by Gasteiger charge is 2.03. The van der Waals surface area contributed by atoms with Gasteiger partial charge in [-0.3, -0.25) is 4.90 Å². The van der Waals surface area contributed by atoms with Crippen LogP contribution < -0.4 is 0 Å². The molecule has 0 spiro atoms. The van der Waals surface area contributed by atoms with Crippen molar-refractivity contribution in [2.45, 2.75) is 26.4 Å². The molecule has 0 saturated heterocycles. The highest BCUT2D eigenvalue weighted by Crippen LogP contribution is 2.09. The maximum Gasteiger partial charge on any atom is 0.328 e. The summed E-state index contributed by atoms with van der Waals surface area (Å²) < 4.78 is 0. The zero-order chi connectivity index (χ0) is 12.8. The van der Waals surface area contributed by atoms with Crippen molar-refractivity contribution in [2.75, 3.05) is 7.05 Å². The fourth-order valence-electron chi connectivity index (χ4n) is 1.37. The average Bonchev–Trinajstić information content (AvgIpc) is 2.28. The third-order valence-electron chi connectivity index (χ3n) is 2.71. The fourth-order valence-corrected chi connectivity index (χ4v) is 1.37. The quantitative estimate of drug-likeness (QED) is 0.795. The highest BCUT2D eigenvalue weighted by molar-refractivity contribution is 5.85. The van der Waals surface area contributed by atoms with Gasteiger partial charge in [0.15, 0.2) is 0 Å². The van der Waals surface area contributed by atoms with E-state index in [0.717, 1.165) is 18.2 Å². The molecule has 0 unspecified atom stereocenters. The second-order valence-corrected chi connectivity index (χ2v) is 4.42. The normalized spacial score (nSPS) is 11.6. The first-order valence-electron chi connectivity index (χ1n) is 5.69. The molecule has 17 heavy (non-hydrogen) atoms. The van der Waals surface area contributed by atoms with Crippen LogP contribution in [0.1, 0.15) is 25.0 Å². The number of hydrogen-bond acceptors (Lipinski definition) is 2. The number of nitrogens with zero attached hydrogens (tertiary/aromatic N) is 1. The van der Waals surface area contributed by atoms with Gasteiger partial charge in [-0.05, 0) is 38.1 Å². The molecule has 0 heterocycles. The standard InChI is InChI=1S/C14H19NO2/c1-11(2)15(3)10-13-6-4-12(5-7-13)8-9-14(16)17/h4-9,11H,10H2,1-3H3,(H,16,17)/b9-8+. The van der Waals surface area contributed by atoms with Crippen molar-refractivity contribution >= 4 is 12.0 Å². The Morgan fingerprint density at radius 3 is 2.41 bits per heavy atom. The molecule has 1 rings (SSSR count). The lowest BCUT2D eigenvalue weighted by Gasteiger charge is -2.20. The van der Waals surface area contributed by atoms with Gasteiger partial charge in [-0.2, -0.15) is 0 Å². The molecule has 1 aromatic rings. The smallest absolute Gasteiger partial charge is 0.328 e. The summed E-state index contributed by atoms with van der Waals surface area (Å²) in [5, 5.41) is 8.52. The van der Waals surface area contributed by atoms with Crippen LogP contribution in [-0.2, 0) is 11.3 Å². The predicted molar refractivity (Wildman–Crippen MR) is 69.7 cm³/mol. The first-order chi connectivity index (χ1) is 7.99. The van der Waals surface area contributed by atoms with E-state index in [-0.39, 0.29) is 0 Å². The van der Waals surface area contributed by atoms with Crippen LogP contribution in [0, 0.1) is 0 Å². The number of benzene rings is 1. The van der Waals surface area contributed by atoms with Crippen molar-refractivity contribution in [1.29, 1.82) is 0 Å². The Labute approximate surface area is 102 Å². The Hall–Kier alpha value is -1.61. The summed E-state index contributed by atoms with van der Waals surface area (Å²) in [4.78, 5) is 12.6. The van der Waals surface area contributed by atoms with Crippen LogP contribution in [0.2, 0.25) is 0 Å². The van der Waals surface area contributed by atoms with Gasteiger partial charge in [0.2, 0.25) is 0 Å². The predicted octanol–water partition coefficient (Wildman–Crippen LogP) is 2.62. The van der Waals surface area contributed by atoms with E-state index in [4.69, 9.17) is 5.11 Å². The van der Waals surface area contributed by atoms with Crippen molar-refractivity contribution in [3.8, 4) is 0 Å². The molecule has 3 heteroatoms. The minimum atomic E-state index is -0.923. The maximum atomic E-state index is 10.4. The van der Waals surface area contributed by atoms with Crippen LogP contribution in [0.4, 0.5) is 0 Å². The summed E-state index contributed by atoms with van der Waals surface area (Å²) in [7, 11) is 2.09. The largest absolute Gasteiger partial charge is 0.478 e. The Morgan fingerprint density at radius 2 is 1.94 bits per heavy atom. The van der Waals surface area contributed by atoms with E-state index < -0.39 is 5.97 Å². The first kappa shape index (κ1) is 13.5. The van der Waals surface area contributed by atoms with E-state index in [1.165, 1.54) is 5.56 Å². The van der Waals surface area contributed by atoms with Crippen molar-refractivity contribution in [2.24, 2.45) is 0 Å². The highest BCUT2D eigenvalue weighted by atomic mass is 16.4. The van der Waals surface area contributed by atoms with Crippen LogP contribution in [-0.4, -0.2) is 29.1 Å². The maximum absolute atomic E-state index is 10.4. The molecule has 92 valence electrons. The zero-order valence-electron chi connectivity index (χ0n) is 10.6. The summed E-state index contributed by atoms with van der Waals surface area (Å²) in [6.45, 7) is 5.22. The van der Waals surface area contributed by atoms with Gasteiger partial charge in [-0.25, -0.2) is 4.79 Å². The van der Waals surface area contributed by atoms with Gasteiger partial charge in [-0.15, -0.1) is 0 Å². The molecule has 0 saturated carbocycles. The number of rotatable bonds is 5. The lowest BCUT2D eigenvalue weighted by Crippen LogP contribution is -2.25. The molecule has 1 N–H and O–H groups in total. The second kappa shape index (κ2) is 6.21. The van der Waals surface area contributed by atoms with Crippen LogP contribution >= 0.6 is 0 Å². The molecule has 3 nitrogen and oxygen atoms in total. The first-order valence-corrected chi connectivity index (χ1v) is 5.69. The van der Waals surface area contributed by atoms with Crippen molar-refractivity contribution in [3.63, 3.8) is 0 Å². The lowest BCUT2D eigenvalue weighted by molar-refractivity contribution is -0.131. The van der Waals surface area contributed by atoms with Gasteiger partial charge < -0.3 is 5.11 Å². The third kappa shape index (κ3) is 4.83. The summed E-state index contributed by atoms with van der Waals surface area (Å²) in [6.07, 6.45) is 2.74. The van der Waals surface area contributed by atoms with Gasteiger partial charge in [-0.1, -0.05) is 24.3 Å². The molecule has 0 aliphatic heterocycles. The summed E-state index contributed by atoms with van der Waals surface area (Å²) in [5.41, 5.74) is 2.14. The molecule has 0 bridgehead atoms. The second-order valence-electron chi connectivity index (χ2n) is 4.42. The third-order valence-corrected chi connectivity index (χ3v) is 2.71.